The highest BCUT2D eigenvalue weighted by Gasteiger charge is 2.33. The number of ether oxygens (including phenoxy) is 1. The molecule has 1 aliphatic heterocycles. The highest BCUT2D eigenvalue weighted by molar-refractivity contribution is 7.89. The lowest BCUT2D eigenvalue weighted by molar-refractivity contribution is -0.0146. The molecule has 7 nitrogen and oxygen atoms in total. The lowest BCUT2D eigenvalue weighted by Crippen LogP contribution is -2.47. The van der Waals surface area contributed by atoms with Crippen LogP contribution in [0, 0.1) is 12.8 Å². The lowest BCUT2D eigenvalue weighted by Gasteiger charge is -2.35. The molecule has 3 aromatic carbocycles. The van der Waals surface area contributed by atoms with Gasteiger partial charge < -0.3 is 14.7 Å². The quantitative estimate of drug-likeness (QED) is 0.507. The molecule has 0 aliphatic carbocycles. The number of carbonyl (C=O) groups excluding carboxylic acids is 1. The molecule has 0 unspecified atom stereocenters. The normalized spacial score (nSPS) is 19.4. The molecule has 3 aromatic rings. The summed E-state index contributed by atoms with van der Waals surface area (Å²) >= 11 is 0. The zero-order valence-electron chi connectivity index (χ0n) is 22.4. The zero-order valence-corrected chi connectivity index (χ0v) is 23.2. The van der Waals surface area contributed by atoms with Crippen molar-refractivity contribution in [2.45, 2.75) is 44.4 Å². The number of sulfonamides is 1. The first-order valence-corrected chi connectivity index (χ1v) is 14.3. The van der Waals surface area contributed by atoms with Crippen LogP contribution in [0.4, 0.5) is 0 Å². The Morgan fingerprint density at radius 3 is 2.29 bits per heavy atom. The van der Waals surface area contributed by atoms with Gasteiger partial charge in [-0.25, -0.2) is 8.42 Å². The highest BCUT2D eigenvalue weighted by Crippen LogP contribution is 2.31. The van der Waals surface area contributed by atoms with Crippen LogP contribution in [0.25, 0.3) is 11.1 Å². The number of fused-ring (bicyclic) bond motifs is 3. The molecule has 1 amide bonds. The molecule has 0 bridgehead atoms. The molecule has 0 fully saturated rings. The first-order valence-electron chi connectivity index (χ1n) is 12.9. The molecule has 0 aromatic heterocycles. The SMILES string of the molecule is Cc1ccccc1S(=O)(=O)N(C)C[C@H]1OCc2ccccc2-c2ccccc2C(=O)N([C@H](C)CO)C[C@H]1C. The number of aryl methyl sites for hydroxylation is 1. The van der Waals surface area contributed by atoms with Gasteiger partial charge >= 0.3 is 0 Å². The maximum absolute atomic E-state index is 13.9. The summed E-state index contributed by atoms with van der Waals surface area (Å²) in [6.07, 6.45) is -0.505. The van der Waals surface area contributed by atoms with E-state index in [0.29, 0.717) is 17.7 Å². The second kappa shape index (κ2) is 11.8. The molecule has 38 heavy (non-hydrogen) atoms. The zero-order chi connectivity index (χ0) is 27.4. The van der Waals surface area contributed by atoms with Crippen LogP contribution in [0.5, 0.6) is 0 Å². The summed E-state index contributed by atoms with van der Waals surface area (Å²) in [7, 11) is -2.19. The average molecular weight is 537 g/mol. The van der Waals surface area contributed by atoms with Gasteiger partial charge in [-0.1, -0.05) is 67.6 Å². The number of rotatable bonds is 6. The summed E-state index contributed by atoms with van der Waals surface area (Å²) in [4.78, 5) is 15.8. The number of likely N-dealkylation sites (N-methyl/N-ethyl adjacent to an activating group) is 1. The van der Waals surface area contributed by atoms with Crippen LogP contribution in [0.3, 0.4) is 0 Å². The first kappa shape index (κ1) is 28.0. The third kappa shape index (κ3) is 5.68. The molecule has 1 heterocycles. The fraction of sp³-hybridized carbons (Fsp3) is 0.367. The molecule has 0 saturated carbocycles. The predicted molar refractivity (Wildman–Crippen MR) is 148 cm³/mol. The number of benzene rings is 3. The van der Waals surface area contributed by atoms with Crippen molar-refractivity contribution < 1.29 is 23.1 Å². The summed E-state index contributed by atoms with van der Waals surface area (Å²) in [5.74, 6) is -0.398. The van der Waals surface area contributed by atoms with Crippen LogP contribution in [0.2, 0.25) is 0 Å². The highest BCUT2D eigenvalue weighted by atomic mass is 32.2. The van der Waals surface area contributed by atoms with Gasteiger partial charge in [0.15, 0.2) is 0 Å². The van der Waals surface area contributed by atoms with Crippen LogP contribution in [0.15, 0.2) is 77.7 Å². The van der Waals surface area contributed by atoms with Crippen LogP contribution in [-0.2, 0) is 21.4 Å². The van der Waals surface area contributed by atoms with Crippen molar-refractivity contribution >= 4 is 15.9 Å². The molecule has 0 saturated heterocycles. The Hall–Kier alpha value is -3.04. The van der Waals surface area contributed by atoms with Gasteiger partial charge in [0.05, 0.1) is 30.3 Å². The maximum atomic E-state index is 13.9. The third-order valence-corrected chi connectivity index (χ3v) is 9.30. The molecule has 4 rings (SSSR count). The van der Waals surface area contributed by atoms with Crippen LogP contribution >= 0.6 is 0 Å². The standard InChI is InChI=1S/C30H36N2O5S/c1-21-11-5-10-16-29(21)38(35,36)31(4)18-28-22(2)17-32(23(3)19-33)30(34)27-15-9-8-14-26(27)25-13-7-6-12-24(25)20-37-28/h5-16,22-23,28,33H,17-20H2,1-4H3/t22-,23-,28-/m1/s1. The van der Waals surface area contributed by atoms with E-state index in [1.54, 1.807) is 37.1 Å². The smallest absolute Gasteiger partial charge is 0.254 e. The van der Waals surface area contributed by atoms with E-state index in [-0.39, 0.29) is 36.5 Å². The number of hydrogen-bond donors (Lipinski definition) is 1. The van der Waals surface area contributed by atoms with Gasteiger partial charge in [0.2, 0.25) is 10.0 Å². The van der Waals surface area contributed by atoms with Gasteiger partial charge in [0.25, 0.3) is 5.91 Å². The van der Waals surface area contributed by atoms with Crippen molar-refractivity contribution in [3.8, 4) is 11.1 Å². The lowest BCUT2D eigenvalue weighted by atomic mass is 9.94. The van der Waals surface area contributed by atoms with Gasteiger partial charge in [-0.3, -0.25) is 4.79 Å². The van der Waals surface area contributed by atoms with E-state index in [1.165, 1.54) is 4.31 Å². The Morgan fingerprint density at radius 2 is 1.61 bits per heavy atom. The Morgan fingerprint density at radius 1 is 1.00 bits per heavy atom. The van der Waals surface area contributed by atoms with E-state index >= 15 is 0 Å². The number of carbonyl (C=O) groups is 1. The maximum Gasteiger partial charge on any atom is 0.254 e. The van der Waals surface area contributed by atoms with E-state index in [0.717, 1.165) is 16.7 Å². The molecule has 1 aliphatic rings. The molecule has 0 spiro atoms. The van der Waals surface area contributed by atoms with Gasteiger partial charge in [-0.2, -0.15) is 4.31 Å². The molecule has 8 heteroatoms. The summed E-state index contributed by atoms with van der Waals surface area (Å²) in [6, 6.07) is 21.8. The second-order valence-corrected chi connectivity index (χ2v) is 12.1. The minimum atomic E-state index is -3.75. The van der Waals surface area contributed by atoms with Crippen molar-refractivity contribution in [2.75, 3.05) is 26.7 Å². The van der Waals surface area contributed by atoms with Crippen molar-refractivity contribution in [3.05, 3.63) is 89.5 Å². The summed E-state index contributed by atoms with van der Waals surface area (Å²) in [6.45, 7) is 6.04. The van der Waals surface area contributed by atoms with Crippen LogP contribution in [-0.4, -0.2) is 67.5 Å². The largest absolute Gasteiger partial charge is 0.394 e. The van der Waals surface area contributed by atoms with E-state index in [2.05, 4.69) is 0 Å². The Balaban J connectivity index is 1.74. The van der Waals surface area contributed by atoms with Crippen LogP contribution < -0.4 is 0 Å². The number of aliphatic hydroxyl groups excluding tert-OH is 1. The molecule has 202 valence electrons. The number of aliphatic hydroxyl groups is 1. The fourth-order valence-corrected chi connectivity index (χ4v) is 6.32. The van der Waals surface area contributed by atoms with Crippen molar-refractivity contribution in [1.82, 2.24) is 9.21 Å². The molecular weight excluding hydrogens is 500 g/mol. The van der Waals surface area contributed by atoms with E-state index in [4.69, 9.17) is 4.74 Å². The summed E-state index contributed by atoms with van der Waals surface area (Å²) in [5, 5.41) is 10.00. The van der Waals surface area contributed by atoms with Gasteiger partial charge in [-0.15, -0.1) is 0 Å². The Bertz CT molecular complexity index is 1390. The Kier molecular flexibility index (Phi) is 8.67. The average Bonchev–Trinajstić information content (AvgIpc) is 2.94. The monoisotopic (exact) mass is 536 g/mol. The van der Waals surface area contributed by atoms with Crippen molar-refractivity contribution in [3.63, 3.8) is 0 Å². The van der Waals surface area contributed by atoms with Crippen molar-refractivity contribution in [1.29, 1.82) is 0 Å². The Labute approximate surface area is 225 Å². The molecule has 0 radical (unpaired) electrons. The topological polar surface area (TPSA) is 87.2 Å². The van der Waals surface area contributed by atoms with E-state index in [1.807, 2.05) is 68.4 Å². The predicted octanol–water partition coefficient (Wildman–Crippen LogP) is 4.34. The van der Waals surface area contributed by atoms with E-state index in [9.17, 15) is 18.3 Å². The van der Waals surface area contributed by atoms with Crippen molar-refractivity contribution in [2.24, 2.45) is 5.92 Å². The molecule has 1 N–H and O–H groups in total. The van der Waals surface area contributed by atoms with Crippen LogP contribution in [0.1, 0.15) is 35.3 Å². The van der Waals surface area contributed by atoms with Gasteiger partial charge in [0, 0.05) is 31.6 Å². The summed E-state index contributed by atoms with van der Waals surface area (Å²) < 4.78 is 34.7. The molecule has 3 atom stereocenters. The fourth-order valence-electron chi connectivity index (χ4n) is 4.92. The number of nitrogens with zero attached hydrogens (tertiary/aromatic N) is 2. The van der Waals surface area contributed by atoms with Gasteiger partial charge in [-0.05, 0) is 48.2 Å². The van der Waals surface area contributed by atoms with E-state index < -0.39 is 22.2 Å². The molecular formula is C30H36N2O5S. The second-order valence-electron chi connectivity index (χ2n) is 10.1. The minimum absolute atomic E-state index is 0.114. The third-order valence-electron chi connectivity index (χ3n) is 7.31. The number of amides is 1. The first-order chi connectivity index (χ1) is 18.1. The summed E-state index contributed by atoms with van der Waals surface area (Å²) in [5.41, 5.74) is 3.85. The number of hydrogen-bond acceptors (Lipinski definition) is 5. The minimum Gasteiger partial charge on any atom is -0.394 e. The van der Waals surface area contributed by atoms with Gasteiger partial charge in [0.1, 0.15) is 0 Å².